The minimum absolute atomic E-state index is 0.0755. The maximum absolute atomic E-state index is 13.8. The second-order valence-corrected chi connectivity index (χ2v) is 5.09. The van der Waals surface area contributed by atoms with Gasteiger partial charge in [0.25, 0.3) is 0 Å². The van der Waals surface area contributed by atoms with Gasteiger partial charge < -0.3 is 5.32 Å². The van der Waals surface area contributed by atoms with E-state index in [1.165, 1.54) is 6.07 Å². The van der Waals surface area contributed by atoms with Gasteiger partial charge in [-0.3, -0.25) is 4.98 Å². The molecule has 0 saturated heterocycles. The molecule has 0 fully saturated rings. The summed E-state index contributed by atoms with van der Waals surface area (Å²) in [6, 6.07) is 17.2. The molecule has 0 saturated carbocycles. The maximum Gasteiger partial charge on any atom is 0.126 e. The van der Waals surface area contributed by atoms with Gasteiger partial charge in [-0.25, -0.2) is 4.39 Å². The fourth-order valence-corrected chi connectivity index (χ4v) is 2.58. The topological polar surface area (TPSA) is 24.9 Å². The molecular formula is C18H17FN2. The summed E-state index contributed by atoms with van der Waals surface area (Å²) in [5.74, 6) is -0.153. The number of likely N-dealkylation sites (N-methyl/N-ethyl adjacent to an activating group) is 1. The van der Waals surface area contributed by atoms with Gasteiger partial charge in [0.15, 0.2) is 0 Å². The summed E-state index contributed by atoms with van der Waals surface area (Å²) < 4.78 is 13.8. The molecule has 1 aromatic heterocycles. The van der Waals surface area contributed by atoms with E-state index in [2.05, 4.69) is 22.4 Å². The number of halogens is 1. The molecule has 2 nitrogen and oxygen atoms in total. The Morgan fingerprint density at radius 1 is 1.10 bits per heavy atom. The molecule has 1 unspecified atom stereocenters. The lowest BCUT2D eigenvalue weighted by atomic mass is 9.97. The summed E-state index contributed by atoms with van der Waals surface area (Å²) in [6.07, 6.45) is 2.41. The third kappa shape index (κ3) is 2.93. The van der Waals surface area contributed by atoms with Gasteiger partial charge in [-0.05, 0) is 48.9 Å². The molecule has 1 heterocycles. The molecule has 106 valence electrons. The Morgan fingerprint density at radius 2 is 1.95 bits per heavy atom. The van der Waals surface area contributed by atoms with E-state index in [1.807, 2.05) is 37.4 Å². The lowest BCUT2D eigenvalue weighted by Gasteiger charge is -2.17. The van der Waals surface area contributed by atoms with Crippen LogP contribution in [0, 0.1) is 5.82 Å². The number of nitrogens with zero attached hydrogens (tertiary/aromatic N) is 1. The lowest BCUT2D eigenvalue weighted by molar-refractivity contribution is 0.555. The predicted octanol–water partition coefficient (Wildman–Crippen LogP) is 3.88. The summed E-state index contributed by atoms with van der Waals surface area (Å²) in [4.78, 5) is 4.33. The van der Waals surface area contributed by atoms with Crippen LogP contribution in [0.4, 0.5) is 4.39 Å². The monoisotopic (exact) mass is 280 g/mol. The van der Waals surface area contributed by atoms with Crippen LogP contribution < -0.4 is 5.32 Å². The van der Waals surface area contributed by atoms with Crippen LogP contribution in [0.25, 0.3) is 10.9 Å². The number of benzene rings is 2. The zero-order valence-corrected chi connectivity index (χ0v) is 11.9. The number of rotatable bonds is 4. The SMILES string of the molecule is CNC(Cc1ccccc1F)c1ccc2ncccc2c1. The Morgan fingerprint density at radius 3 is 2.76 bits per heavy atom. The quantitative estimate of drug-likeness (QED) is 0.784. The van der Waals surface area contributed by atoms with Gasteiger partial charge in [0, 0.05) is 17.6 Å². The molecular weight excluding hydrogens is 263 g/mol. The van der Waals surface area contributed by atoms with E-state index in [0.717, 1.165) is 22.0 Å². The van der Waals surface area contributed by atoms with Gasteiger partial charge in [0.05, 0.1) is 5.52 Å². The highest BCUT2D eigenvalue weighted by molar-refractivity contribution is 5.79. The molecule has 2 aromatic carbocycles. The number of hydrogen-bond donors (Lipinski definition) is 1. The molecule has 0 aliphatic rings. The van der Waals surface area contributed by atoms with Gasteiger partial charge in [-0.2, -0.15) is 0 Å². The van der Waals surface area contributed by atoms with Crippen LogP contribution in [0.2, 0.25) is 0 Å². The second-order valence-electron chi connectivity index (χ2n) is 5.09. The predicted molar refractivity (Wildman–Crippen MR) is 83.6 cm³/mol. The molecule has 0 radical (unpaired) electrons. The zero-order chi connectivity index (χ0) is 14.7. The average Bonchev–Trinajstić information content (AvgIpc) is 2.54. The molecule has 3 rings (SSSR count). The van der Waals surface area contributed by atoms with Gasteiger partial charge in [-0.15, -0.1) is 0 Å². The second kappa shape index (κ2) is 6.02. The summed E-state index contributed by atoms with van der Waals surface area (Å²) >= 11 is 0. The average molecular weight is 280 g/mol. The molecule has 3 aromatic rings. The third-order valence-corrected chi connectivity index (χ3v) is 3.76. The third-order valence-electron chi connectivity index (χ3n) is 3.76. The van der Waals surface area contributed by atoms with Gasteiger partial charge >= 0.3 is 0 Å². The first-order valence-corrected chi connectivity index (χ1v) is 7.03. The van der Waals surface area contributed by atoms with Gasteiger partial charge in [0.1, 0.15) is 5.82 Å². The van der Waals surface area contributed by atoms with E-state index in [-0.39, 0.29) is 11.9 Å². The minimum atomic E-state index is -0.153. The first kappa shape index (κ1) is 13.7. The summed E-state index contributed by atoms with van der Waals surface area (Å²) in [6.45, 7) is 0. The smallest absolute Gasteiger partial charge is 0.126 e. The number of aromatic nitrogens is 1. The van der Waals surface area contributed by atoms with Crippen molar-refractivity contribution in [3.05, 3.63) is 77.7 Å². The number of nitrogens with one attached hydrogen (secondary N) is 1. The molecule has 0 bridgehead atoms. The fourth-order valence-electron chi connectivity index (χ4n) is 2.58. The largest absolute Gasteiger partial charge is 0.313 e. The van der Waals surface area contributed by atoms with Crippen molar-refractivity contribution in [2.75, 3.05) is 7.05 Å². The molecule has 0 aliphatic carbocycles. The van der Waals surface area contributed by atoms with Gasteiger partial charge in [-0.1, -0.05) is 30.3 Å². The van der Waals surface area contributed by atoms with Crippen LogP contribution in [-0.2, 0) is 6.42 Å². The Balaban J connectivity index is 1.93. The van der Waals surface area contributed by atoms with Crippen LogP contribution in [-0.4, -0.2) is 12.0 Å². The number of hydrogen-bond acceptors (Lipinski definition) is 2. The van der Waals surface area contributed by atoms with Crippen molar-refractivity contribution >= 4 is 10.9 Å². The minimum Gasteiger partial charge on any atom is -0.313 e. The number of fused-ring (bicyclic) bond motifs is 1. The van der Waals surface area contributed by atoms with E-state index < -0.39 is 0 Å². The molecule has 0 amide bonds. The highest BCUT2D eigenvalue weighted by atomic mass is 19.1. The van der Waals surface area contributed by atoms with E-state index in [9.17, 15) is 4.39 Å². The van der Waals surface area contributed by atoms with Crippen molar-refractivity contribution < 1.29 is 4.39 Å². The Bertz CT molecular complexity index is 755. The molecule has 1 N–H and O–H groups in total. The molecule has 3 heteroatoms. The Hall–Kier alpha value is -2.26. The summed E-state index contributed by atoms with van der Waals surface area (Å²) in [7, 11) is 1.90. The molecule has 21 heavy (non-hydrogen) atoms. The number of pyridine rings is 1. The first-order valence-electron chi connectivity index (χ1n) is 7.03. The van der Waals surface area contributed by atoms with Crippen LogP contribution in [0.1, 0.15) is 17.2 Å². The standard InChI is InChI=1S/C18H17FN2/c1-20-18(12-13-5-2-3-7-16(13)19)15-8-9-17-14(11-15)6-4-10-21-17/h2-11,18,20H,12H2,1H3. The van der Waals surface area contributed by atoms with Crippen LogP contribution in [0.3, 0.4) is 0 Å². The maximum atomic E-state index is 13.8. The summed E-state index contributed by atoms with van der Waals surface area (Å²) in [5.41, 5.74) is 2.84. The van der Waals surface area contributed by atoms with Crippen molar-refractivity contribution in [3.8, 4) is 0 Å². The molecule has 0 spiro atoms. The molecule has 1 atom stereocenters. The normalized spacial score (nSPS) is 12.5. The summed E-state index contributed by atoms with van der Waals surface area (Å²) in [5, 5.41) is 4.37. The lowest BCUT2D eigenvalue weighted by Crippen LogP contribution is -2.19. The van der Waals surface area contributed by atoms with Crippen LogP contribution in [0.15, 0.2) is 60.8 Å². The van der Waals surface area contributed by atoms with Crippen molar-refractivity contribution in [1.82, 2.24) is 10.3 Å². The zero-order valence-electron chi connectivity index (χ0n) is 11.9. The first-order chi connectivity index (χ1) is 10.3. The van der Waals surface area contributed by atoms with E-state index >= 15 is 0 Å². The highest BCUT2D eigenvalue weighted by Crippen LogP contribution is 2.23. The Labute approximate surface area is 123 Å². The van der Waals surface area contributed by atoms with Crippen LogP contribution in [0.5, 0.6) is 0 Å². The van der Waals surface area contributed by atoms with Crippen molar-refractivity contribution in [3.63, 3.8) is 0 Å². The van der Waals surface area contributed by atoms with E-state index in [1.54, 1.807) is 12.3 Å². The van der Waals surface area contributed by atoms with Crippen molar-refractivity contribution in [2.45, 2.75) is 12.5 Å². The highest BCUT2D eigenvalue weighted by Gasteiger charge is 2.13. The fraction of sp³-hybridized carbons (Fsp3) is 0.167. The van der Waals surface area contributed by atoms with E-state index in [0.29, 0.717) is 6.42 Å². The van der Waals surface area contributed by atoms with E-state index in [4.69, 9.17) is 0 Å². The van der Waals surface area contributed by atoms with Gasteiger partial charge in [0.2, 0.25) is 0 Å². The molecule has 0 aliphatic heterocycles. The Kier molecular flexibility index (Phi) is 3.93. The van der Waals surface area contributed by atoms with Crippen molar-refractivity contribution in [2.24, 2.45) is 0 Å². The van der Waals surface area contributed by atoms with Crippen molar-refractivity contribution in [1.29, 1.82) is 0 Å². The van der Waals surface area contributed by atoms with Crippen LogP contribution >= 0.6 is 0 Å².